The number of aromatic amines is 1. The van der Waals surface area contributed by atoms with E-state index in [1.165, 1.54) is 26.0 Å². The molecule has 0 unspecified atom stereocenters. The first kappa shape index (κ1) is 24.2. The van der Waals surface area contributed by atoms with Crippen molar-refractivity contribution in [2.24, 2.45) is 0 Å². The fraction of sp³-hybridized carbons (Fsp3) is 0.360. The van der Waals surface area contributed by atoms with Gasteiger partial charge in [-0.3, -0.25) is 15.0 Å². The fourth-order valence-electron chi connectivity index (χ4n) is 4.28. The number of aliphatic hydroxyl groups excluding tert-OH is 1. The highest BCUT2D eigenvalue weighted by molar-refractivity contribution is 5.83. The topological polar surface area (TPSA) is 114 Å². The summed E-state index contributed by atoms with van der Waals surface area (Å²) in [5, 5.41) is 27.5. The van der Waals surface area contributed by atoms with E-state index in [-0.39, 0.29) is 0 Å². The average molecular weight is 496 g/mol. The number of nitrogens with one attached hydrogen (secondary N) is 1. The smallest absolute Gasteiger partial charge is 0.156 e. The number of pyridine rings is 1. The van der Waals surface area contributed by atoms with E-state index in [0.717, 1.165) is 11.6 Å². The van der Waals surface area contributed by atoms with Gasteiger partial charge in [-0.25, -0.2) is 18.7 Å². The molecule has 1 fully saturated rings. The second kappa shape index (κ2) is 9.49. The van der Waals surface area contributed by atoms with Crippen LogP contribution in [0.3, 0.4) is 0 Å². The summed E-state index contributed by atoms with van der Waals surface area (Å²) in [7, 11) is 0. The van der Waals surface area contributed by atoms with Gasteiger partial charge < -0.3 is 15.1 Å². The van der Waals surface area contributed by atoms with Gasteiger partial charge in [0.1, 0.15) is 28.9 Å². The maximum Gasteiger partial charge on any atom is 0.156 e. The summed E-state index contributed by atoms with van der Waals surface area (Å²) in [5.41, 5.74) is 1.88. The number of aromatic nitrogens is 5. The van der Waals surface area contributed by atoms with Crippen LogP contribution in [0, 0.1) is 11.6 Å². The molecule has 0 bridgehead atoms. The van der Waals surface area contributed by atoms with Gasteiger partial charge in [0.2, 0.25) is 0 Å². The molecular formula is C25H27F2N7O2. The van der Waals surface area contributed by atoms with E-state index in [2.05, 4.69) is 25.0 Å². The number of aliphatic hydroxyl groups is 2. The molecule has 0 radical (unpaired) electrons. The number of nitrogens with zero attached hydrogens (tertiary/aromatic N) is 6. The Labute approximate surface area is 206 Å². The monoisotopic (exact) mass is 495 g/mol. The summed E-state index contributed by atoms with van der Waals surface area (Å²) < 4.78 is 27.3. The highest BCUT2D eigenvalue weighted by Gasteiger charge is 2.28. The maximum atomic E-state index is 14.1. The number of piperazine rings is 1. The number of fused-ring (bicyclic) bond motifs is 1. The number of hydrogen-bond donors (Lipinski definition) is 3. The van der Waals surface area contributed by atoms with Crippen LogP contribution in [-0.4, -0.2) is 72.0 Å². The summed E-state index contributed by atoms with van der Waals surface area (Å²) in [6.07, 6.45) is 3.77. The van der Waals surface area contributed by atoms with Crippen LogP contribution in [0.25, 0.3) is 22.3 Å². The SMILES string of the molecule is CC(C)(O)[C@H](O)c1cc2nc(-c3cn[nH]c3)c(N3CCN(Cc4ccc(F)cc4F)CC3)nc2cn1. The van der Waals surface area contributed by atoms with Crippen LogP contribution in [-0.2, 0) is 6.54 Å². The lowest BCUT2D eigenvalue weighted by Crippen LogP contribution is -2.46. The Morgan fingerprint density at radius 2 is 1.83 bits per heavy atom. The summed E-state index contributed by atoms with van der Waals surface area (Å²) in [4.78, 5) is 18.2. The summed E-state index contributed by atoms with van der Waals surface area (Å²) in [5.74, 6) is -0.449. The molecule has 1 aliphatic rings. The van der Waals surface area contributed by atoms with E-state index in [4.69, 9.17) is 9.97 Å². The molecule has 1 atom stereocenters. The van der Waals surface area contributed by atoms with Crippen molar-refractivity contribution in [1.82, 2.24) is 30.0 Å². The Balaban J connectivity index is 1.42. The van der Waals surface area contributed by atoms with Crippen LogP contribution < -0.4 is 4.90 Å². The third-order valence-electron chi connectivity index (χ3n) is 6.36. The van der Waals surface area contributed by atoms with Gasteiger partial charge >= 0.3 is 0 Å². The lowest BCUT2D eigenvalue weighted by Gasteiger charge is -2.36. The first-order valence-electron chi connectivity index (χ1n) is 11.7. The van der Waals surface area contributed by atoms with Crippen LogP contribution in [0.2, 0.25) is 0 Å². The molecule has 4 heterocycles. The van der Waals surface area contributed by atoms with Crippen molar-refractivity contribution < 1.29 is 19.0 Å². The Morgan fingerprint density at radius 3 is 2.50 bits per heavy atom. The lowest BCUT2D eigenvalue weighted by atomic mass is 9.98. The van der Waals surface area contributed by atoms with Crippen molar-refractivity contribution in [3.8, 4) is 11.3 Å². The highest BCUT2D eigenvalue weighted by atomic mass is 19.1. The van der Waals surface area contributed by atoms with Gasteiger partial charge in [-0.1, -0.05) is 6.07 Å². The number of halogens is 2. The quantitative estimate of drug-likeness (QED) is 0.374. The van der Waals surface area contributed by atoms with Crippen molar-refractivity contribution in [3.63, 3.8) is 0 Å². The molecular weight excluding hydrogens is 468 g/mol. The van der Waals surface area contributed by atoms with E-state index < -0.39 is 23.3 Å². The molecule has 1 aromatic carbocycles. The van der Waals surface area contributed by atoms with Crippen LogP contribution in [0.5, 0.6) is 0 Å². The first-order valence-corrected chi connectivity index (χ1v) is 11.7. The molecule has 0 spiro atoms. The normalized spacial score (nSPS) is 16.0. The Morgan fingerprint density at radius 1 is 1.06 bits per heavy atom. The third-order valence-corrected chi connectivity index (χ3v) is 6.36. The molecule has 3 N–H and O–H groups in total. The number of anilines is 1. The molecule has 5 rings (SSSR count). The van der Waals surface area contributed by atoms with Gasteiger partial charge in [0.15, 0.2) is 5.82 Å². The van der Waals surface area contributed by atoms with E-state index in [1.54, 1.807) is 24.7 Å². The molecule has 1 aliphatic heterocycles. The van der Waals surface area contributed by atoms with E-state index >= 15 is 0 Å². The van der Waals surface area contributed by atoms with Gasteiger partial charge in [0.25, 0.3) is 0 Å². The Kier molecular flexibility index (Phi) is 6.37. The van der Waals surface area contributed by atoms with Gasteiger partial charge in [-0.2, -0.15) is 5.10 Å². The minimum absolute atomic E-state index is 0.303. The molecule has 4 aromatic rings. The molecule has 0 amide bonds. The number of hydrogen-bond acceptors (Lipinski definition) is 8. The van der Waals surface area contributed by atoms with Crippen molar-refractivity contribution in [2.75, 3.05) is 31.1 Å². The van der Waals surface area contributed by atoms with Crippen LogP contribution in [0.1, 0.15) is 31.2 Å². The maximum absolute atomic E-state index is 14.1. The zero-order valence-electron chi connectivity index (χ0n) is 20.0. The van der Waals surface area contributed by atoms with Crippen molar-refractivity contribution in [2.45, 2.75) is 32.1 Å². The van der Waals surface area contributed by atoms with E-state index in [1.807, 2.05) is 0 Å². The molecule has 36 heavy (non-hydrogen) atoms. The zero-order chi connectivity index (χ0) is 25.4. The van der Waals surface area contributed by atoms with Crippen molar-refractivity contribution in [1.29, 1.82) is 0 Å². The summed E-state index contributed by atoms with van der Waals surface area (Å²) >= 11 is 0. The molecule has 0 aliphatic carbocycles. The highest BCUT2D eigenvalue weighted by Crippen LogP contribution is 2.31. The van der Waals surface area contributed by atoms with E-state index in [9.17, 15) is 19.0 Å². The second-order valence-corrected chi connectivity index (χ2v) is 9.54. The van der Waals surface area contributed by atoms with Crippen LogP contribution >= 0.6 is 0 Å². The first-order chi connectivity index (χ1) is 17.2. The summed E-state index contributed by atoms with van der Waals surface area (Å²) in [6.45, 7) is 6.02. The third kappa shape index (κ3) is 4.90. The van der Waals surface area contributed by atoms with Gasteiger partial charge in [-0.15, -0.1) is 0 Å². The minimum atomic E-state index is -1.36. The molecule has 188 valence electrons. The number of H-pyrrole nitrogens is 1. The predicted octanol–water partition coefficient (Wildman–Crippen LogP) is 2.82. The molecule has 9 nitrogen and oxygen atoms in total. The lowest BCUT2D eigenvalue weighted by molar-refractivity contribution is -0.0516. The Hall–Kier alpha value is -3.54. The molecule has 3 aromatic heterocycles. The van der Waals surface area contributed by atoms with Gasteiger partial charge in [-0.05, 0) is 26.0 Å². The Bertz CT molecular complexity index is 1370. The number of benzene rings is 1. The van der Waals surface area contributed by atoms with E-state index in [0.29, 0.717) is 66.5 Å². The largest absolute Gasteiger partial charge is 0.387 e. The van der Waals surface area contributed by atoms with Crippen molar-refractivity contribution >= 4 is 16.9 Å². The number of rotatable bonds is 6. The van der Waals surface area contributed by atoms with Gasteiger partial charge in [0.05, 0.1) is 29.2 Å². The fourth-order valence-corrected chi connectivity index (χ4v) is 4.28. The standard InChI is InChI=1S/C25H27F2N7O2/c1-25(2,36)23(35)20-10-19-21(13-28-20)32-24(22(31-19)16-11-29-30-12-16)34-7-5-33(6-8-34)14-15-3-4-17(26)9-18(15)27/h3-4,9-13,23,35-36H,5-8,14H2,1-2H3,(H,29,30)/t23-/m1/s1. The van der Waals surface area contributed by atoms with Crippen LogP contribution in [0.4, 0.5) is 14.6 Å². The average Bonchev–Trinajstić information content (AvgIpc) is 3.39. The van der Waals surface area contributed by atoms with Crippen LogP contribution in [0.15, 0.2) is 42.9 Å². The molecule has 1 saturated heterocycles. The summed E-state index contributed by atoms with van der Waals surface area (Å²) in [6, 6.07) is 5.30. The molecule has 11 heteroatoms. The van der Waals surface area contributed by atoms with Crippen molar-refractivity contribution in [3.05, 3.63) is 65.7 Å². The molecule has 0 saturated carbocycles. The minimum Gasteiger partial charge on any atom is -0.387 e. The zero-order valence-corrected chi connectivity index (χ0v) is 20.0. The predicted molar refractivity (Wildman–Crippen MR) is 130 cm³/mol. The second-order valence-electron chi connectivity index (χ2n) is 9.54. The van der Waals surface area contributed by atoms with Gasteiger partial charge in [0, 0.05) is 56.1 Å².